The van der Waals surface area contributed by atoms with Crippen LogP contribution in [0.25, 0.3) is 0 Å². The van der Waals surface area contributed by atoms with Crippen LogP contribution in [-0.2, 0) is 16.6 Å². The molecule has 1 saturated carbocycles. The first-order valence-electron chi connectivity index (χ1n) is 6.56. The number of carbonyl (C=O) groups is 1. The zero-order valence-electron chi connectivity index (χ0n) is 10.8. The molecule has 1 aromatic carbocycles. The fraction of sp³-hybridized carbons (Fsp3) is 0.533. The van der Waals surface area contributed by atoms with Crippen molar-refractivity contribution in [2.24, 2.45) is 0 Å². The Hall–Kier alpha value is -1.31. The minimum Gasteiger partial charge on any atom is -0.355 e. The summed E-state index contributed by atoms with van der Waals surface area (Å²) < 4.78 is 0. The monoisotopic (exact) mass is 231 g/mol. The minimum atomic E-state index is 0.155. The van der Waals surface area contributed by atoms with Crippen molar-refractivity contribution in [1.29, 1.82) is 0 Å². The Morgan fingerprint density at radius 1 is 1.35 bits per heavy atom. The van der Waals surface area contributed by atoms with Crippen molar-refractivity contribution in [1.82, 2.24) is 5.32 Å². The van der Waals surface area contributed by atoms with Crippen molar-refractivity contribution in [3.63, 3.8) is 0 Å². The average molecular weight is 231 g/mol. The van der Waals surface area contributed by atoms with E-state index >= 15 is 0 Å². The highest BCUT2D eigenvalue weighted by atomic mass is 16.1. The molecule has 1 aliphatic rings. The normalized spacial score (nSPS) is 16.6. The molecule has 0 bridgehead atoms. The van der Waals surface area contributed by atoms with Crippen LogP contribution in [0.3, 0.4) is 0 Å². The van der Waals surface area contributed by atoms with E-state index in [0.29, 0.717) is 6.42 Å². The molecule has 2 nitrogen and oxygen atoms in total. The van der Waals surface area contributed by atoms with Crippen molar-refractivity contribution in [2.75, 3.05) is 6.54 Å². The summed E-state index contributed by atoms with van der Waals surface area (Å²) in [7, 11) is 0. The number of rotatable bonds is 5. The Balaban J connectivity index is 2.07. The maximum atomic E-state index is 11.3. The van der Waals surface area contributed by atoms with Gasteiger partial charge in [0.15, 0.2) is 0 Å². The van der Waals surface area contributed by atoms with Crippen molar-refractivity contribution in [3.05, 3.63) is 35.4 Å². The maximum absolute atomic E-state index is 11.3. The third kappa shape index (κ3) is 2.68. The van der Waals surface area contributed by atoms with Crippen molar-refractivity contribution < 1.29 is 4.79 Å². The summed E-state index contributed by atoms with van der Waals surface area (Å²) in [5.41, 5.74) is 3.01. The number of nitrogens with one attached hydrogen (secondary N) is 1. The van der Waals surface area contributed by atoms with Gasteiger partial charge >= 0.3 is 0 Å². The number of amides is 1. The van der Waals surface area contributed by atoms with Gasteiger partial charge in [0, 0.05) is 18.4 Å². The summed E-state index contributed by atoms with van der Waals surface area (Å²) in [6.07, 6.45) is 4.05. The molecule has 1 amide bonds. The second-order valence-electron chi connectivity index (χ2n) is 4.96. The van der Waals surface area contributed by atoms with Gasteiger partial charge in [-0.3, -0.25) is 4.79 Å². The van der Waals surface area contributed by atoms with E-state index in [1.807, 2.05) is 6.92 Å². The van der Waals surface area contributed by atoms with Gasteiger partial charge in [-0.15, -0.1) is 0 Å². The SMILES string of the molecule is CCC(=O)NCC1(c2cccc(CC)c2)CC1. The molecular weight excluding hydrogens is 210 g/mol. The molecule has 92 valence electrons. The van der Waals surface area contributed by atoms with E-state index in [-0.39, 0.29) is 11.3 Å². The van der Waals surface area contributed by atoms with E-state index in [4.69, 9.17) is 0 Å². The van der Waals surface area contributed by atoms with Crippen molar-refractivity contribution in [3.8, 4) is 0 Å². The van der Waals surface area contributed by atoms with Crippen molar-refractivity contribution >= 4 is 5.91 Å². The summed E-state index contributed by atoms with van der Waals surface area (Å²) >= 11 is 0. The zero-order valence-corrected chi connectivity index (χ0v) is 10.8. The van der Waals surface area contributed by atoms with Gasteiger partial charge in [-0.05, 0) is 30.4 Å². The summed E-state index contributed by atoms with van der Waals surface area (Å²) in [6, 6.07) is 8.80. The zero-order chi connectivity index (χ0) is 12.3. The Bertz CT molecular complexity index is 407. The lowest BCUT2D eigenvalue weighted by atomic mass is 9.93. The Morgan fingerprint density at radius 2 is 2.12 bits per heavy atom. The average Bonchev–Trinajstić information content (AvgIpc) is 3.17. The predicted molar refractivity (Wildman–Crippen MR) is 70.0 cm³/mol. The van der Waals surface area contributed by atoms with Crippen LogP contribution in [0.4, 0.5) is 0 Å². The van der Waals surface area contributed by atoms with Gasteiger partial charge in [0.1, 0.15) is 0 Å². The Kier molecular flexibility index (Phi) is 3.51. The predicted octanol–water partition coefficient (Wildman–Crippen LogP) is 2.81. The molecule has 0 saturated heterocycles. The number of benzene rings is 1. The first-order valence-corrected chi connectivity index (χ1v) is 6.56. The first-order chi connectivity index (χ1) is 8.20. The van der Waals surface area contributed by atoms with Crippen LogP contribution in [0.15, 0.2) is 24.3 Å². The lowest BCUT2D eigenvalue weighted by molar-refractivity contribution is -0.120. The molecule has 0 unspecified atom stereocenters. The van der Waals surface area contributed by atoms with Gasteiger partial charge < -0.3 is 5.32 Å². The second kappa shape index (κ2) is 4.91. The van der Waals surface area contributed by atoms with Crippen LogP contribution in [0.2, 0.25) is 0 Å². The maximum Gasteiger partial charge on any atom is 0.219 e. The summed E-state index contributed by atoms with van der Waals surface area (Å²) in [5.74, 6) is 0.155. The fourth-order valence-corrected chi connectivity index (χ4v) is 2.23. The highest BCUT2D eigenvalue weighted by Gasteiger charge is 2.44. The van der Waals surface area contributed by atoms with Crippen LogP contribution in [-0.4, -0.2) is 12.5 Å². The van der Waals surface area contributed by atoms with Gasteiger partial charge in [0.05, 0.1) is 0 Å². The smallest absolute Gasteiger partial charge is 0.219 e. The molecule has 2 heteroatoms. The topological polar surface area (TPSA) is 29.1 Å². The third-order valence-electron chi connectivity index (χ3n) is 3.75. The minimum absolute atomic E-state index is 0.155. The van der Waals surface area contributed by atoms with E-state index in [0.717, 1.165) is 13.0 Å². The molecule has 2 rings (SSSR count). The summed E-state index contributed by atoms with van der Waals surface area (Å²) in [5, 5.41) is 3.03. The molecule has 1 N–H and O–H groups in total. The van der Waals surface area contributed by atoms with Crippen LogP contribution < -0.4 is 5.32 Å². The van der Waals surface area contributed by atoms with E-state index in [1.54, 1.807) is 0 Å². The molecule has 1 aromatic rings. The highest BCUT2D eigenvalue weighted by molar-refractivity contribution is 5.75. The molecule has 0 spiro atoms. The molecular formula is C15H21NO. The van der Waals surface area contributed by atoms with Crippen molar-refractivity contribution in [2.45, 2.75) is 44.9 Å². The van der Waals surface area contributed by atoms with E-state index in [9.17, 15) is 4.79 Å². The molecule has 0 aromatic heterocycles. The standard InChI is InChI=1S/C15H21NO/c1-3-12-6-5-7-13(10-12)15(8-9-15)11-16-14(17)4-2/h5-7,10H,3-4,8-9,11H2,1-2H3,(H,16,17). The number of aryl methyl sites for hydroxylation is 1. The number of hydrogen-bond acceptors (Lipinski definition) is 1. The van der Waals surface area contributed by atoms with Gasteiger partial charge in [-0.1, -0.05) is 38.1 Å². The van der Waals surface area contributed by atoms with E-state index in [1.165, 1.54) is 24.0 Å². The van der Waals surface area contributed by atoms with Crippen LogP contribution in [0.1, 0.15) is 44.2 Å². The fourth-order valence-electron chi connectivity index (χ4n) is 2.23. The first kappa shape index (κ1) is 12.2. The number of carbonyl (C=O) groups excluding carboxylic acids is 1. The summed E-state index contributed by atoms with van der Waals surface area (Å²) in [6.45, 7) is 4.87. The summed E-state index contributed by atoms with van der Waals surface area (Å²) in [4.78, 5) is 11.3. The van der Waals surface area contributed by atoms with E-state index in [2.05, 4.69) is 36.5 Å². The van der Waals surface area contributed by atoms with Crippen LogP contribution >= 0.6 is 0 Å². The van der Waals surface area contributed by atoms with Gasteiger partial charge in [-0.25, -0.2) is 0 Å². The lowest BCUT2D eigenvalue weighted by Gasteiger charge is -2.17. The molecule has 0 heterocycles. The largest absolute Gasteiger partial charge is 0.355 e. The molecule has 0 atom stereocenters. The molecule has 17 heavy (non-hydrogen) atoms. The Morgan fingerprint density at radius 3 is 2.71 bits per heavy atom. The second-order valence-corrected chi connectivity index (χ2v) is 4.96. The molecule has 1 fully saturated rings. The van der Waals surface area contributed by atoms with Gasteiger partial charge in [0.25, 0.3) is 0 Å². The van der Waals surface area contributed by atoms with Gasteiger partial charge in [0.2, 0.25) is 5.91 Å². The quantitative estimate of drug-likeness (QED) is 0.829. The molecule has 1 aliphatic carbocycles. The van der Waals surface area contributed by atoms with Crippen LogP contribution in [0, 0.1) is 0 Å². The third-order valence-corrected chi connectivity index (χ3v) is 3.75. The molecule has 0 aliphatic heterocycles. The lowest BCUT2D eigenvalue weighted by Crippen LogP contribution is -2.31. The Labute approximate surface area is 103 Å². The van der Waals surface area contributed by atoms with Crippen LogP contribution in [0.5, 0.6) is 0 Å². The number of hydrogen-bond donors (Lipinski definition) is 1. The highest BCUT2D eigenvalue weighted by Crippen LogP contribution is 2.47. The molecule has 0 radical (unpaired) electrons. The van der Waals surface area contributed by atoms with E-state index < -0.39 is 0 Å². The van der Waals surface area contributed by atoms with Gasteiger partial charge in [-0.2, -0.15) is 0 Å².